The minimum Gasteiger partial charge on any atom is -0.391 e. The average Bonchev–Trinajstić information content (AvgIpc) is 3.52. The summed E-state index contributed by atoms with van der Waals surface area (Å²) in [4.78, 5) is 0. The summed E-state index contributed by atoms with van der Waals surface area (Å²) in [5.41, 5.74) is 0. The van der Waals surface area contributed by atoms with Crippen molar-refractivity contribution in [2.75, 3.05) is 68.1 Å². The maximum absolute atomic E-state index is 8.73. The third-order valence-corrected chi connectivity index (χ3v) is 3.47. The monoisotopic (exact) mass is 426 g/mol. The van der Waals surface area contributed by atoms with Crippen LogP contribution in [0.25, 0.3) is 0 Å². The molecule has 1 saturated heterocycles. The first-order valence-corrected chi connectivity index (χ1v) is 10.7. The van der Waals surface area contributed by atoms with Gasteiger partial charge in [0.15, 0.2) is 0 Å². The van der Waals surface area contributed by atoms with Crippen molar-refractivity contribution in [3.8, 4) is 0 Å². The number of ether oxygens (including phenoxy) is 6. The molecule has 0 radical (unpaired) electrons. The molecule has 0 aromatic carbocycles. The first-order chi connectivity index (χ1) is 13.9. The summed E-state index contributed by atoms with van der Waals surface area (Å²) in [5, 5.41) is 8.73. The Balaban J connectivity index is -0.000000330. The van der Waals surface area contributed by atoms with Gasteiger partial charge in [-0.2, -0.15) is 0 Å². The van der Waals surface area contributed by atoms with Crippen molar-refractivity contribution in [1.82, 2.24) is 0 Å². The quantitative estimate of drug-likeness (QED) is 0.451. The molecule has 3 atom stereocenters. The van der Waals surface area contributed by atoms with Crippen molar-refractivity contribution in [2.45, 2.75) is 72.2 Å². The Labute approximate surface area is 180 Å². The first-order valence-electron chi connectivity index (χ1n) is 10.7. The van der Waals surface area contributed by atoms with Crippen molar-refractivity contribution in [1.29, 1.82) is 0 Å². The third kappa shape index (κ3) is 35.5. The van der Waals surface area contributed by atoms with Gasteiger partial charge in [-0.05, 0) is 25.2 Å². The molecule has 1 aliphatic heterocycles. The second-order valence-electron chi connectivity index (χ2n) is 7.13. The number of hydrogen-bond acceptors (Lipinski definition) is 7. The van der Waals surface area contributed by atoms with E-state index in [4.69, 9.17) is 28.8 Å². The molecule has 180 valence electrons. The summed E-state index contributed by atoms with van der Waals surface area (Å²) in [6, 6.07) is 0. The second kappa shape index (κ2) is 27.7. The Morgan fingerprint density at radius 3 is 1.62 bits per heavy atom. The number of aliphatic hydroxyl groups is 1. The molecule has 7 heteroatoms. The number of methoxy groups -OCH3 is 4. The van der Waals surface area contributed by atoms with E-state index in [1.165, 1.54) is 0 Å². The molecular formula is C22H50O7. The molecule has 1 rings (SSSR count). The summed E-state index contributed by atoms with van der Waals surface area (Å²) in [6.45, 7) is 14.8. The zero-order valence-electron chi connectivity index (χ0n) is 20.6. The fourth-order valence-corrected chi connectivity index (χ4v) is 1.73. The Hall–Kier alpha value is -0.280. The van der Waals surface area contributed by atoms with Crippen LogP contribution in [0.5, 0.6) is 0 Å². The lowest BCUT2D eigenvalue weighted by molar-refractivity contribution is -0.00933. The van der Waals surface area contributed by atoms with Gasteiger partial charge < -0.3 is 33.5 Å². The number of aliphatic hydroxyl groups excluding tert-OH is 1. The molecule has 0 spiro atoms. The van der Waals surface area contributed by atoms with Gasteiger partial charge >= 0.3 is 0 Å². The molecule has 0 aromatic heterocycles. The van der Waals surface area contributed by atoms with Crippen molar-refractivity contribution < 1.29 is 33.5 Å². The van der Waals surface area contributed by atoms with Gasteiger partial charge in [-0.25, -0.2) is 0 Å². The molecule has 0 aliphatic carbocycles. The van der Waals surface area contributed by atoms with E-state index < -0.39 is 0 Å². The van der Waals surface area contributed by atoms with Gasteiger partial charge in [0.2, 0.25) is 0 Å². The smallest absolute Gasteiger partial charge is 0.104 e. The van der Waals surface area contributed by atoms with E-state index >= 15 is 0 Å². The Morgan fingerprint density at radius 2 is 1.41 bits per heavy atom. The lowest BCUT2D eigenvalue weighted by atomic mass is 10.2. The lowest BCUT2D eigenvalue weighted by Crippen LogP contribution is -2.20. The number of hydrogen-bond donors (Lipinski definition) is 1. The fourth-order valence-electron chi connectivity index (χ4n) is 1.73. The first kappa shape index (κ1) is 33.4. The van der Waals surface area contributed by atoms with E-state index in [-0.39, 0.29) is 12.2 Å². The molecule has 29 heavy (non-hydrogen) atoms. The average molecular weight is 427 g/mol. The van der Waals surface area contributed by atoms with Gasteiger partial charge in [-0.3, -0.25) is 0 Å². The van der Waals surface area contributed by atoms with E-state index in [0.29, 0.717) is 25.2 Å². The van der Waals surface area contributed by atoms with Gasteiger partial charge in [0, 0.05) is 41.7 Å². The zero-order valence-corrected chi connectivity index (χ0v) is 20.6. The van der Waals surface area contributed by atoms with Gasteiger partial charge in [-0.15, -0.1) is 0 Å². The van der Waals surface area contributed by atoms with Crippen LogP contribution in [0.3, 0.4) is 0 Å². The van der Waals surface area contributed by atoms with E-state index in [2.05, 4.69) is 32.4 Å². The Morgan fingerprint density at radius 1 is 0.862 bits per heavy atom. The van der Waals surface area contributed by atoms with Crippen LogP contribution in [0.15, 0.2) is 0 Å². The van der Waals surface area contributed by atoms with Crippen molar-refractivity contribution in [2.24, 2.45) is 5.92 Å². The molecule has 7 nitrogen and oxygen atoms in total. The predicted octanol–water partition coefficient (Wildman–Crippen LogP) is 3.56. The zero-order chi connectivity index (χ0) is 22.9. The highest BCUT2D eigenvalue weighted by atomic mass is 16.6. The van der Waals surface area contributed by atoms with E-state index in [9.17, 15) is 0 Å². The van der Waals surface area contributed by atoms with Crippen LogP contribution < -0.4 is 0 Å². The molecule has 0 aromatic rings. The molecule has 0 amide bonds. The summed E-state index contributed by atoms with van der Waals surface area (Å²) < 4.78 is 29.6. The molecule has 1 N–H and O–H groups in total. The van der Waals surface area contributed by atoms with Gasteiger partial charge in [-0.1, -0.05) is 34.6 Å². The predicted molar refractivity (Wildman–Crippen MR) is 119 cm³/mol. The fraction of sp³-hybridized carbons (Fsp3) is 1.00. The second-order valence-corrected chi connectivity index (χ2v) is 7.13. The highest BCUT2D eigenvalue weighted by molar-refractivity contribution is 4.68. The highest BCUT2D eigenvalue weighted by Crippen LogP contribution is 2.10. The lowest BCUT2D eigenvalue weighted by Gasteiger charge is -2.13. The van der Waals surface area contributed by atoms with Gasteiger partial charge in [0.05, 0.1) is 38.6 Å². The van der Waals surface area contributed by atoms with Gasteiger partial charge in [0.1, 0.15) is 6.10 Å². The van der Waals surface area contributed by atoms with Crippen molar-refractivity contribution >= 4 is 0 Å². The highest BCUT2D eigenvalue weighted by Gasteiger charge is 2.23. The standard InChI is InChI=1S/C8H16O3.C5H12O2.C5H12O.C4H10O/c1-3-7(4-9-2)10-5-8-6-11-8;1-3-5(6)4-7-2;1-5(2)4-6-3;1-3-4-5-2/h7-8H,3-6H2,1-2H3;5-6H,3-4H2,1-2H3;5H,4H2,1-3H3;3-4H2,1-2H3. The minimum atomic E-state index is -0.273. The molecular weight excluding hydrogens is 376 g/mol. The van der Waals surface area contributed by atoms with Crippen molar-refractivity contribution in [3.63, 3.8) is 0 Å². The molecule has 1 aliphatic rings. The summed E-state index contributed by atoms with van der Waals surface area (Å²) >= 11 is 0. The van der Waals surface area contributed by atoms with Gasteiger partial charge in [0.25, 0.3) is 0 Å². The van der Waals surface area contributed by atoms with Crippen molar-refractivity contribution in [3.05, 3.63) is 0 Å². The maximum atomic E-state index is 8.73. The van der Waals surface area contributed by atoms with Crippen LogP contribution in [0, 0.1) is 5.92 Å². The summed E-state index contributed by atoms with van der Waals surface area (Å²) in [5.74, 6) is 0.676. The Kier molecular flexibility index (Phi) is 31.9. The number of epoxide rings is 1. The Bertz CT molecular complexity index is 272. The molecule has 0 bridgehead atoms. The largest absolute Gasteiger partial charge is 0.391 e. The minimum absolute atomic E-state index is 0.240. The molecule has 1 fully saturated rings. The van der Waals surface area contributed by atoms with Crippen LogP contribution in [-0.2, 0) is 28.4 Å². The van der Waals surface area contributed by atoms with Crippen LogP contribution in [0.4, 0.5) is 0 Å². The normalized spacial score (nSPS) is 16.4. The van der Waals surface area contributed by atoms with E-state index in [0.717, 1.165) is 45.7 Å². The SMILES string of the molecule is CCC(COC)OCC1CO1.CCC(O)COC.CCCOC.COCC(C)C. The summed E-state index contributed by atoms with van der Waals surface area (Å²) in [6.07, 6.45) is 3.22. The number of rotatable bonds is 13. The molecule has 3 unspecified atom stereocenters. The van der Waals surface area contributed by atoms with Crippen LogP contribution in [-0.4, -0.2) is 91.5 Å². The van der Waals surface area contributed by atoms with E-state index in [1.807, 2.05) is 6.92 Å². The molecule has 1 heterocycles. The maximum Gasteiger partial charge on any atom is 0.104 e. The third-order valence-electron chi connectivity index (χ3n) is 3.47. The van der Waals surface area contributed by atoms with Crippen LogP contribution >= 0.6 is 0 Å². The topological polar surface area (TPSA) is 78.9 Å². The van der Waals surface area contributed by atoms with Crippen LogP contribution in [0.2, 0.25) is 0 Å². The molecule has 0 saturated carbocycles. The van der Waals surface area contributed by atoms with E-state index in [1.54, 1.807) is 28.4 Å². The van der Waals surface area contributed by atoms with Crippen LogP contribution in [0.1, 0.15) is 53.9 Å². The summed E-state index contributed by atoms with van der Waals surface area (Å²) in [7, 11) is 6.71.